The van der Waals surface area contributed by atoms with E-state index < -0.39 is 24.1 Å². The number of carbonyl (C=O) groups is 2. The third-order valence-corrected chi connectivity index (χ3v) is 4.72. The molecule has 1 rings (SSSR count). The van der Waals surface area contributed by atoms with Gasteiger partial charge < -0.3 is 15.3 Å². The molecule has 5 nitrogen and oxygen atoms in total. The molecule has 0 heterocycles. The number of carboxylic acids is 1. The smallest absolute Gasteiger partial charge is 0.303 e. The summed E-state index contributed by atoms with van der Waals surface area (Å²) < 4.78 is 0. The van der Waals surface area contributed by atoms with Crippen molar-refractivity contribution >= 4 is 11.8 Å². The van der Waals surface area contributed by atoms with E-state index in [1.165, 1.54) is 12.8 Å². The highest BCUT2D eigenvalue weighted by Crippen LogP contribution is 2.34. The molecule has 1 aliphatic rings. The van der Waals surface area contributed by atoms with Crippen molar-refractivity contribution in [1.29, 1.82) is 0 Å². The molecule has 1 aliphatic carbocycles. The molecule has 0 saturated heterocycles. The Balaban J connectivity index is 2.45. The molecule has 0 bridgehead atoms. The van der Waals surface area contributed by atoms with Gasteiger partial charge in [-0.05, 0) is 38.0 Å². The predicted molar refractivity (Wildman–Crippen MR) is 97.1 cm³/mol. The van der Waals surface area contributed by atoms with E-state index in [1.54, 1.807) is 12.2 Å². The number of unbranched alkanes of at least 4 members (excludes halogenated alkanes) is 3. The average Bonchev–Trinajstić information content (AvgIpc) is 2.82. The fourth-order valence-corrected chi connectivity index (χ4v) is 3.27. The normalized spacial score (nSPS) is 25.2. The van der Waals surface area contributed by atoms with Crippen molar-refractivity contribution in [3.8, 4) is 0 Å². The van der Waals surface area contributed by atoms with Gasteiger partial charge in [-0.3, -0.25) is 9.59 Å². The summed E-state index contributed by atoms with van der Waals surface area (Å²) in [5.74, 6) is -1.58. The second-order valence-electron chi connectivity index (χ2n) is 6.87. The summed E-state index contributed by atoms with van der Waals surface area (Å²) in [6, 6.07) is 0. The monoisotopic (exact) mass is 352 g/mol. The maximum absolute atomic E-state index is 12.0. The van der Waals surface area contributed by atoms with Crippen molar-refractivity contribution in [3.63, 3.8) is 0 Å². The first-order valence-corrected chi connectivity index (χ1v) is 9.39. The highest BCUT2D eigenvalue weighted by molar-refractivity contribution is 5.86. The molecule has 0 unspecified atom stereocenters. The Morgan fingerprint density at radius 1 is 1.28 bits per heavy atom. The number of carboxylic acid groups (broad SMARTS) is 1. The van der Waals surface area contributed by atoms with Gasteiger partial charge in [0.15, 0.2) is 0 Å². The van der Waals surface area contributed by atoms with Crippen molar-refractivity contribution in [2.24, 2.45) is 11.8 Å². The van der Waals surface area contributed by atoms with Crippen molar-refractivity contribution in [1.82, 2.24) is 0 Å². The van der Waals surface area contributed by atoms with Crippen LogP contribution < -0.4 is 0 Å². The summed E-state index contributed by atoms with van der Waals surface area (Å²) in [6.07, 6.45) is 12.2. The summed E-state index contributed by atoms with van der Waals surface area (Å²) >= 11 is 0. The number of carbonyl (C=O) groups excluding carboxylic acids is 1. The highest BCUT2D eigenvalue weighted by atomic mass is 16.4. The number of aliphatic hydroxyl groups excluding tert-OH is 2. The van der Waals surface area contributed by atoms with Crippen LogP contribution in [0.3, 0.4) is 0 Å². The van der Waals surface area contributed by atoms with Crippen LogP contribution in [-0.2, 0) is 9.59 Å². The summed E-state index contributed by atoms with van der Waals surface area (Å²) in [6.45, 7) is 2.16. The molecular weight excluding hydrogens is 320 g/mol. The first-order valence-electron chi connectivity index (χ1n) is 9.39. The van der Waals surface area contributed by atoms with Crippen LogP contribution in [0.4, 0.5) is 0 Å². The van der Waals surface area contributed by atoms with E-state index in [0.717, 1.165) is 12.8 Å². The highest BCUT2D eigenvalue weighted by Gasteiger charge is 2.39. The van der Waals surface area contributed by atoms with Crippen LogP contribution in [-0.4, -0.2) is 39.3 Å². The number of Topliss-reactive ketones (excluding diaryl/α,β-unsaturated/α-hetero) is 1. The molecule has 1 saturated carbocycles. The van der Waals surface area contributed by atoms with Crippen molar-refractivity contribution in [2.75, 3.05) is 0 Å². The first kappa shape index (κ1) is 21.6. The molecule has 0 aromatic heterocycles. The second-order valence-corrected chi connectivity index (χ2v) is 6.87. The summed E-state index contributed by atoms with van der Waals surface area (Å²) in [7, 11) is 0. The van der Waals surface area contributed by atoms with E-state index in [9.17, 15) is 19.8 Å². The Hall–Kier alpha value is -1.46. The van der Waals surface area contributed by atoms with Gasteiger partial charge in [-0.25, -0.2) is 0 Å². The first-order chi connectivity index (χ1) is 12.0. The predicted octanol–water partition coefficient (Wildman–Crippen LogP) is 3.25. The average molecular weight is 352 g/mol. The Kier molecular flexibility index (Phi) is 10.3. The van der Waals surface area contributed by atoms with E-state index in [2.05, 4.69) is 13.0 Å². The Morgan fingerprint density at radius 3 is 2.72 bits per heavy atom. The zero-order chi connectivity index (χ0) is 18.7. The molecule has 4 atom stereocenters. The molecule has 142 valence electrons. The third kappa shape index (κ3) is 8.45. The van der Waals surface area contributed by atoms with Crippen molar-refractivity contribution in [3.05, 3.63) is 24.3 Å². The number of ketones is 1. The molecule has 0 radical (unpaired) electrons. The topological polar surface area (TPSA) is 94.8 Å². The lowest BCUT2D eigenvalue weighted by Gasteiger charge is -2.18. The fraction of sp³-hybridized carbons (Fsp3) is 0.700. The van der Waals surface area contributed by atoms with Gasteiger partial charge in [-0.1, -0.05) is 44.1 Å². The van der Waals surface area contributed by atoms with Crippen LogP contribution in [0.5, 0.6) is 0 Å². The Labute approximate surface area is 150 Å². The van der Waals surface area contributed by atoms with E-state index in [0.29, 0.717) is 19.3 Å². The lowest BCUT2D eigenvalue weighted by atomic mass is 9.88. The SMILES string of the molecule is CCCCC/C=C\C[C@H](O)/C=C/[C@H]1C(=O)C[C@@H](O)[C@H]1CCCC(=O)O. The lowest BCUT2D eigenvalue weighted by Crippen LogP contribution is -2.20. The van der Waals surface area contributed by atoms with Gasteiger partial charge in [0.25, 0.3) is 0 Å². The molecular formula is C20H32O5. The maximum atomic E-state index is 12.0. The van der Waals surface area contributed by atoms with E-state index in [4.69, 9.17) is 5.11 Å². The van der Waals surface area contributed by atoms with Crippen LogP contribution in [0.1, 0.15) is 64.7 Å². The number of allylic oxidation sites excluding steroid dienone is 2. The van der Waals surface area contributed by atoms with Gasteiger partial charge in [-0.15, -0.1) is 0 Å². The van der Waals surface area contributed by atoms with Crippen LogP contribution in [0.15, 0.2) is 24.3 Å². The summed E-state index contributed by atoms with van der Waals surface area (Å²) in [5, 5.41) is 28.8. The molecule has 0 aliphatic heterocycles. The third-order valence-electron chi connectivity index (χ3n) is 4.72. The number of aliphatic hydroxyl groups is 2. The van der Waals surface area contributed by atoms with Crippen molar-refractivity contribution < 1.29 is 24.9 Å². The van der Waals surface area contributed by atoms with Crippen LogP contribution in [0, 0.1) is 11.8 Å². The second kappa shape index (κ2) is 12.0. The van der Waals surface area contributed by atoms with Gasteiger partial charge in [0.05, 0.1) is 12.2 Å². The minimum atomic E-state index is -0.868. The molecule has 0 aromatic carbocycles. The quantitative estimate of drug-likeness (QED) is 0.370. The molecule has 0 aromatic rings. The molecule has 0 spiro atoms. The molecule has 25 heavy (non-hydrogen) atoms. The molecule has 5 heteroatoms. The van der Waals surface area contributed by atoms with Gasteiger partial charge in [0.1, 0.15) is 5.78 Å². The number of hydrogen-bond acceptors (Lipinski definition) is 4. The molecule has 3 N–H and O–H groups in total. The van der Waals surface area contributed by atoms with Crippen molar-refractivity contribution in [2.45, 2.75) is 76.9 Å². The Bertz CT molecular complexity index is 469. The van der Waals surface area contributed by atoms with Gasteiger partial charge >= 0.3 is 5.97 Å². The Morgan fingerprint density at radius 2 is 2.04 bits per heavy atom. The van der Waals surface area contributed by atoms with E-state index in [-0.39, 0.29) is 24.5 Å². The van der Waals surface area contributed by atoms with Gasteiger partial charge in [-0.2, -0.15) is 0 Å². The summed E-state index contributed by atoms with van der Waals surface area (Å²) in [5.41, 5.74) is 0. The fourth-order valence-electron chi connectivity index (χ4n) is 3.27. The lowest BCUT2D eigenvalue weighted by molar-refractivity contribution is -0.137. The van der Waals surface area contributed by atoms with E-state index >= 15 is 0 Å². The van der Waals surface area contributed by atoms with Crippen LogP contribution in [0.25, 0.3) is 0 Å². The zero-order valence-electron chi connectivity index (χ0n) is 15.1. The minimum Gasteiger partial charge on any atom is -0.481 e. The summed E-state index contributed by atoms with van der Waals surface area (Å²) in [4.78, 5) is 22.7. The number of aliphatic carboxylic acids is 1. The zero-order valence-corrected chi connectivity index (χ0v) is 15.1. The largest absolute Gasteiger partial charge is 0.481 e. The van der Waals surface area contributed by atoms with E-state index in [1.807, 2.05) is 6.08 Å². The number of rotatable bonds is 12. The van der Waals surface area contributed by atoms with Gasteiger partial charge in [0.2, 0.25) is 0 Å². The molecule has 1 fully saturated rings. The maximum Gasteiger partial charge on any atom is 0.303 e. The molecule has 0 amide bonds. The van der Waals surface area contributed by atoms with Gasteiger partial charge in [0, 0.05) is 18.8 Å². The standard InChI is InChI=1S/C20H32O5/c1-2-3-4-5-6-7-9-15(21)12-13-17-16(10-8-11-20(24)25)18(22)14-19(17)23/h6-7,12-13,15-18,21-22H,2-5,8-11,14H2,1H3,(H,24,25)/b7-6-,13-12+/t15-,16-,17+,18+/m0/s1. The minimum absolute atomic E-state index is 0.0358. The van der Waals surface area contributed by atoms with Crippen LogP contribution >= 0.6 is 0 Å². The number of hydrogen-bond donors (Lipinski definition) is 3. The van der Waals surface area contributed by atoms with Crippen LogP contribution in [0.2, 0.25) is 0 Å².